The summed E-state index contributed by atoms with van der Waals surface area (Å²) in [6.45, 7) is 11.2. The van der Waals surface area contributed by atoms with Gasteiger partial charge in [-0.3, -0.25) is 0 Å². The standard InChI is InChI=1S/C13H20ClN3/c1-4-9-17(6-3)13-8-7-11(14)12(16-13)10-15-5-2/h4,7-8,15H,1,5-6,9-10H2,2-3H3. The molecule has 0 aliphatic heterocycles. The second-order valence-corrected chi connectivity index (χ2v) is 4.11. The molecule has 0 aliphatic carbocycles. The fourth-order valence-corrected chi connectivity index (χ4v) is 1.73. The summed E-state index contributed by atoms with van der Waals surface area (Å²) in [6, 6.07) is 3.85. The number of rotatable bonds is 7. The molecule has 0 saturated heterocycles. The van der Waals surface area contributed by atoms with E-state index in [-0.39, 0.29) is 0 Å². The molecule has 0 saturated carbocycles. The number of hydrogen-bond donors (Lipinski definition) is 1. The zero-order valence-electron chi connectivity index (χ0n) is 10.5. The molecule has 0 spiro atoms. The molecule has 0 aliphatic rings. The first-order valence-corrected chi connectivity index (χ1v) is 6.32. The topological polar surface area (TPSA) is 28.2 Å². The molecular formula is C13H20ClN3. The van der Waals surface area contributed by atoms with Gasteiger partial charge in [0.1, 0.15) is 5.82 Å². The molecule has 0 bridgehead atoms. The Morgan fingerprint density at radius 3 is 2.82 bits per heavy atom. The van der Waals surface area contributed by atoms with Crippen molar-refractivity contribution in [3.8, 4) is 0 Å². The summed E-state index contributed by atoms with van der Waals surface area (Å²) in [7, 11) is 0. The molecule has 1 rings (SSSR count). The zero-order valence-corrected chi connectivity index (χ0v) is 11.3. The molecule has 1 aromatic heterocycles. The van der Waals surface area contributed by atoms with Crippen molar-refractivity contribution in [1.82, 2.24) is 10.3 Å². The van der Waals surface area contributed by atoms with Crippen LogP contribution in [0.4, 0.5) is 5.82 Å². The second kappa shape index (κ2) is 7.30. The summed E-state index contributed by atoms with van der Waals surface area (Å²) in [5.74, 6) is 0.949. The Labute approximate surface area is 108 Å². The van der Waals surface area contributed by atoms with Crippen molar-refractivity contribution in [3.63, 3.8) is 0 Å². The summed E-state index contributed by atoms with van der Waals surface area (Å²) in [4.78, 5) is 6.73. The average molecular weight is 254 g/mol. The summed E-state index contributed by atoms with van der Waals surface area (Å²) in [5, 5.41) is 3.95. The Hall–Kier alpha value is -1.06. The van der Waals surface area contributed by atoms with Crippen LogP contribution in [0, 0.1) is 0 Å². The van der Waals surface area contributed by atoms with Crippen molar-refractivity contribution >= 4 is 17.4 Å². The van der Waals surface area contributed by atoms with Crippen LogP contribution in [0.1, 0.15) is 19.5 Å². The molecule has 17 heavy (non-hydrogen) atoms. The number of hydrogen-bond acceptors (Lipinski definition) is 3. The maximum Gasteiger partial charge on any atom is 0.129 e. The van der Waals surface area contributed by atoms with Gasteiger partial charge >= 0.3 is 0 Å². The maximum absolute atomic E-state index is 6.12. The molecule has 4 heteroatoms. The van der Waals surface area contributed by atoms with Crippen LogP contribution in [-0.2, 0) is 6.54 Å². The molecule has 0 unspecified atom stereocenters. The van der Waals surface area contributed by atoms with E-state index in [0.717, 1.165) is 31.1 Å². The number of nitrogens with one attached hydrogen (secondary N) is 1. The number of halogens is 1. The van der Waals surface area contributed by atoms with E-state index in [0.29, 0.717) is 11.6 Å². The zero-order chi connectivity index (χ0) is 12.7. The van der Waals surface area contributed by atoms with Gasteiger partial charge in [0.05, 0.1) is 10.7 Å². The number of likely N-dealkylation sites (N-methyl/N-ethyl adjacent to an activating group) is 1. The fraction of sp³-hybridized carbons (Fsp3) is 0.462. The van der Waals surface area contributed by atoms with Gasteiger partial charge in [-0.2, -0.15) is 0 Å². The first kappa shape index (κ1) is 14.0. The van der Waals surface area contributed by atoms with E-state index >= 15 is 0 Å². The number of nitrogens with zero attached hydrogens (tertiary/aromatic N) is 2. The van der Waals surface area contributed by atoms with E-state index in [1.165, 1.54) is 0 Å². The third-order valence-corrected chi connectivity index (χ3v) is 2.85. The van der Waals surface area contributed by atoms with Crippen LogP contribution in [0.25, 0.3) is 0 Å². The average Bonchev–Trinajstić information content (AvgIpc) is 2.35. The van der Waals surface area contributed by atoms with Crippen LogP contribution in [0.2, 0.25) is 5.02 Å². The van der Waals surface area contributed by atoms with Gasteiger partial charge in [-0.15, -0.1) is 6.58 Å². The molecule has 1 heterocycles. The molecule has 0 fully saturated rings. The van der Waals surface area contributed by atoms with Gasteiger partial charge in [0.25, 0.3) is 0 Å². The van der Waals surface area contributed by atoms with Crippen molar-refractivity contribution in [2.45, 2.75) is 20.4 Å². The molecule has 94 valence electrons. The number of pyridine rings is 1. The van der Waals surface area contributed by atoms with Gasteiger partial charge in [-0.25, -0.2) is 4.98 Å². The minimum absolute atomic E-state index is 0.703. The SMILES string of the molecule is C=CCN(CC)c1ccc(Cl)c(CNCC)n1. The van der Waals surface area contributed by atoms with Gasteiger partial charge < -0.3 is 10.2 Å². The summed E-state index contributed by atoms with van der Waals surface area (Å²) >= 11 is 6.12. The lowest BCUT2D eigenvalue weighted by molar-refractivity contribution is 0.708. The lowest BCUT2D eigenvalue weighted by Crippen LogP contribution is -2.24. The quantitative estimate of drug-likeness (QED) is 0.758. The predicted molar refractivity (Wildman–Crippen MR) is 74.7 cm³/mol. The molecule has 1 aromatic rings. The normalized spacial score (nSPS) is 10.3. The van der Waals surface area contributed by atoms with Crippen molar-refractivity contribution in [1.29, 1.82) is 0 Å². The van der Waals surface area contributed by atoms with E-state index in [1.807, 2.05) is 18.2 Å². The molecule has 0 aromatic carbocycles. The highest BCUT2D eigenvalue weighted by molar-refractivity contribution is 6.31. The van der Waals surface area contributed by atoms with Gasteiger partial charge in [-0.05, 0) is 25.6 Å². The van der Waals surface area contributed by atoms with Gasteiger partial charge in [0.15, 0.2) is 0 Å². The van der Waals surface area contributed by atoms with Crippen molar-refractivity contribution in [2.75, 3.05) is 24.5 Å². The molecule has 0 amide bonds. The van der Waals surface area contributed by atoms with E-state index < -0.39 is 0 Å². The Kier molecular flexibility index (Phi) is 6.01. The van der Waals surface area contributed by atoms with Crippen LogP contribution in [-0.4, -0.2) is 24.6 Å². The number of anilines is 1. The van der Waals surface area contributed by atoms with E-state index in [9.17, 15) is 0 Å². The highest BCUT2D eigenvalue weighted by Gasteiger charge is 2.07. The largest absolute Gasteiger partial charge is 0.353 e. The summed E-state index contributed by atoms with van der Waals surface area (Å²) < 4.78 is 0. The Morgan fingerprint density at radius 2 is 2.24 bits per heavy atom. The maximum atomic E-state index is 6.12. The summed E-state index contributed by atoms with van der Waals surface area (Å²) in [5.41, 5.74) is 0.897. The first-order valence-electron chi connectivity index (χ1n) is 5.94. The monoisotopic (exact) mass is 253 g/mol. The van der Waals surface area contributed by atoms with Crippen LogP contribution in [0.5, 0.6) is 0 Å². The molecule has 0 radical (unpaired) electrons. The van der Waals surface area contributed by atoms with Gasteiger partial charge in [0.2, 0.25) is 0 Å². The lowest BCUT2D eigenvalue weighted by Gasteiger charge is -2.21. The van der Waals surface area contributed by atoms with Crippen molar-refractivity contribution < 1.29 is 0 Å². The highest BCUT2D eigenvalue weighted by atomic mass is 35.5. The minimum Gasteiger partial charge on any atom is -0.353 e. The third kappa shape index (κ3) is 4.02. The third-order valence-electron chi connectivity index (χ3n) is 2.50. The van der Waals surface area contributed by atoms with Crippen LogP contribution in [0.3, 0.4) is 0 Å². The first-order chi connectivity index (χ1) is 8.22. The predicted octanol–water partition coefficient (Wildman–Crippen LogP) is 2.86. The van der Waals surface area contributed by atoms with E-state index in [4.69, 9.17) is 11.6 Å². The van der Waals surface area contributed by atoms with Crippen molar-refractivity contribution in [3.05, 3.63) is 35.5 Å². The smallest absolute Gasteiger partial charge is 0.129 e. The summed E-state index contributed by atoms with van der Waals surface area (Å²) in [6.07, 6.45) is 1.88. The molecule has 3 nitrogen and oxygen atoms in total. The van der Waals surface area contributed by atoms with Gasteiger partial charge in [-0.1, -0.05) is 24.6 Å². The van der Waals surface area contributed by atoms with Crippen LogP contribution < -0.4 is 10.2 Å². The van der Waals surface area contributed by atoms with Crippen LogP contribution in [0.15, 0.2) is 24.8 Å². The van der Waals surface area contributed by atoms with E-state index in [1.54, 1.807) is 0 Å². The highest BCUT2D eigenvalue weighted by Crippen LogP contribution is 2.19. The second-order valence-electron chi connectivity index (χ2n) is 3.71. The Balaban J connectivity index is 2.89. The molecule has 1 N–H and O–H groups in total. The van der Waals surface area contributed by atoms with Crippen LogP contribution >= 0.6 is 11.6 Å². The van der Waals surface area contributed by atoms with Gasteiger partial charge in [0, 0.05) is 19.6 Å². The molecule has 0 atom stereocenters. The number of aromatic nitrogens is 1. The lowest BCUT2D eigenvalue weighted by atomic mass is 10.3. The van der Waals surface area contributed by atoms with E-state index in [2.05, 4.69) is 35.6 Å². The fourth-order valence-electron chi connectivity index (χ4n) is 1.56. The minimum atomic E-state index is 0.703. The Morgan fingerprint density at radius 1 is 1.47 bits per heavy atom. The molecular weight excluding hydrogens is 234 g/mol. The van der Waals surface area contributed by atoms with Crippen molar-refractivity contribution in [2.24, 2.45) is 0 Å². The Bertz CT molecular complexity index is 366.